The van der Waals surface area contributed by atoms with Crippen molar-refractivity contribution >= 4 is 5.91 Å². The van der Waals surface area contributed by atoms with E-state index in [0.29, 0.717) is 6.54 Å². The number of carbonyl (C=O) groups excluding carboxylic acids is 1. The van der Waals surface area contributed by atoms with E-state index in [4.69, 9.17) is 0 Å². The fraction of sp³-hybridized carbons (Fsp3) is 0.909. The lowest BCUT2D eigenvalue weighted by Crippen LogP contribution is -2.37. The smallest absolute Gasteiger partial charge is 0.224 e. The average molecular weight is 212 g/mol. The standard InChI is InChI=1S/C11H20N2O2/c14-10-3-1-2-8(10)7-13-11(15)9-4-5-12-6-9/h8-10,12,14H,1-7H2,(H,13,15). The van der Waals surface area contributed by atoms with Crippen molar-refractivity contribution in [3.63, 3.8) is 0 Å². The van der Waals surface area contributed by atoms with Crippen LogP contribution in [0.15, 0.2) is 0 Å². The van der Waals surface area contributed by atoms with E-state index in [1.54, 1.807) is 0 Å². The van der Waals surface area contributed by atoms with E-state index in [-0.39, 0.29) is 23.8 Å². The fourth-order valence-corrected chi connectivity index (χ4v) is 2.51. The van der Waals surface area contributed by atoms with Crippen LogP contribution in [0.5, 0.6) is 0 Å². The summed E-state index contributed by atoms with van der Waals surface area (Å²) in [5.41, 5.74) is 0. The Morgan fingerprint density at radius 3 is 2.87 bits per heavy atom. The van der Waals surface area contributed by atoms with Crippen molar-refractivity contribution in [2.24, 2.45) is 11.8 Å². The van der Waals surface area contributed by atoms with Crippen LogP contribution in [0.4, 0.5) is 0 Å². The van der Waals surface area contributed by atoms with Crippen molar-refractivity contribution in [2.75, 3.05) is 19.6 Å². The van der Waals surface area contributed by atoms with Gasteiger partial charge in [-0.15, -0.1) is 0 Å². The zero-order chi connectivity index (χ0) is 10.7. The highest BCUT2D eigenvalue weighted by Crippen LogP contribution is 2.24. The van der Waals surface area contributed by atoms with Gasteiger partial charge in [-0.3, -0.25) is 4.79 Å². The van der Waals surface area contributed by atoms with Gasteiger partial charge >= 0.3 is 0 Å². The zero-order valence-corrected chi connectivity index (χ0v) is 9.04. The molecule has 0 bridgehead atoms. The molecule has 0 aromatic rings. The van der Waals surface area contributed by atoms with Gasteiger partial charge in [0, 0.05) is 19.0 Å². The molecule has 1 aliphatic carbocycles. The number of carbonyl (C=O) groups is 1. The van der Waals surface area contributed by atoms with Gasteiger partial charge in [0.1, 0.15) is 0 Å². The van der Waals surface area contributed by atoms with Crippen LogP contribution >= 0.6 is 0 Å². The molecule has 4 nitrogen and oxygen atoms in total. The third kappa shape index (κ3) is 2.69. The van der Waals surface area contributed by atoms with Crippen LogP contribution in [0.2, 0.25) is 0 Å². The van der Waals surface area contributed by atoms with Crippen molar-refractivity contribution in [3.05, 3.63) is 0 Å². The summed E-state index contributed by atoms with van der Waals surface area (Å²) >= 11 is 0. The first-order valence-corrected chi connectivity index (χ1v) is 5.94. The van der Waals surface area contributed by atoms with Crippen LogP contribution in [0.3, 0.4) is 0 Å². The Labute approximate surface area is 90.4 Å². The summed E-state index contributed by atoms with van der Waals surface area (Å²) < 4.78 is 0. The third-order valence-corrected chi connectivity index (χ3v) is 3.59. The Hall–Kier alpha value is -0.610. The Morgan fingerprint density at radius 2 is 2.27 bits per heavy atom. The lowest BCUT2D eigenvalue weighted by atomic mass is 10.0. The number of hydrogen-bond donors (Lipinski definition) is 3. The van der Waals surface area contributed by atoms with E-state index >= 15 is 0 Å². The van der Waals surface area contributed by atoms with E-state index in [2.05, 4.69) is 10.6 Å². The molecule has 0 aromatic carbocycles. The number of rotatable bonds is 3. The summed E-state index contributed by atoms with van der Waals surface area (Å²) in [6.45, 7) is 2.40. The molecular formula is C11H20N2O2. The van der Waals surface area contributed by atoms with Gasteiger partial charge in [-0.05, 0) is 25.8 Å². The average Bonchev–Trinajstić information content (AvgIpc) is 2.85. The summed E-state index contributed by atoms with van der Waals surface area (Å²) in [4.78, 5) is 11.7. The molecule has 2 fully saturated rings. The zero-order valence-electron chi connectivity index (χ0n) is 9.04. The van der Waals surface area contributed by atoms with Gasteiger partial charge in [-0.2, -0.15) is 0 Å². The first kappa shape index (κ1) is 10.9. The van der Waals surface area contributed by atoms with E-state index in [9.17, 15) is 9.90 Å². The van der Waals surface area contributed by atoms with E-state index < -0.39 is 0 Å². The van der Waals surface area contributed by atoms with Gasteiger partial charge < -0.3 is 15.7 Å². The minimum atomic E-state index is -0.202. The van der Waals surface area contributed by atoms with Crippen molar-refractivity contribution in [2.45, 2.75) is 31.8 Å². The number of aliphatic hydroxyl groups is 1. The maximum atomic E-state index is 11.7. The molecule has 0 aromatic heterocycles. The summed E-state index contributed by atoms with van der Waals surface area (Å²) in [6, 6.07) is 0. The molecule has 3 N–H and O–H groups in total. The second-order valence-electron chi connectivity index (χ2n) is 4.69. The molecule has 1 saturated heterocycles. The molecular weight excluding hydrogens is 192 g/mol. The third-order valence-electron chi connectivity index (χ3n) is 3.59. The molecule has 15 heavy (non-hydrogen) atoms. The lowest BCUT2D eigenvalue weighted by Gasteiger charge is -2.16. The monoisotopic (exact) mass is 212 g/mol. The van der Waals surface area contributed by atoms with Gasteiger partial charge in [0.2, 0.25) is 5.91 Å². The van der Waals surface area contributed by atoms with Gasteiger partial charge in [0.25, 0.3) is 0 Å². The second-order valence-corrected chi connectivity index (χ2v) is 4.69. The molecule has 3 unspecified atom stereocenters. The largest absolute Gasteiger partial charge is 0.393 e. The Bertz CT molecular complexity index is 227. The molecule has 1 amide bonds. The maximum Gasteiger partial charge on any atom is 0.224 e. The van der Waals surface area contributed by atoms with Crippen LogP contribution in [0.25, 0.3) is 0 Å². The maximum absolute atomic E-state index is 11.7. The van der Waals surface area contributed by atoms with Crippen LogP contribution < -0.4 is 10.6 Å². The minimum absolute atomic E-state index is 0.142. The Balaban J connectivity index is 1.70. The van der Waals surface area contributed by atoms with Gasteiger partial charge in [0.05, 0.1) is 12.0 Å². The normalized spacial score (nSPS) is 35.7. The number of aliphatic hydroxyl groups excluding tert-OH is 1. The minimum Gasteiger partial charge on any atom is -0.393 e. The first-order chi connectivity index (χ1) is 7.27. The number of nitrogens with one attached hydrogen (secondary N) is 2. The van der Waals surface area contributed by atoms with Crippen molar-refractivity contribution in [1.29, 1.82) is 0 Å². The number of amides is 1. The van der Waals surface area contributed by atoms with Crippen LogP contribution in [-0.2, 0) is 4.79 Å². The highest BCUT2D eigenvalue weighted by atomic mass is 16.3. The predicted molar refractivity (Wildman–Crippen MR) is 57.3 cm³/mol. The second kappa shape index (κ2) is 4.94. The molecule has 1 heterocycles. The van der Waals surface area contributed by atoms with E-state index in [1.165, 1.54) is 0 Å². The molecule has 1 aliphatic heterocycles. The first-order valence-electron chi connectivity index (χ1n) is 5.94. The Kier molecular flexibility index (Phi) is 3.59. The molecule has 4 heteroatoms. The van der Waals surface area contributed by atoms with Gasteiger partial charge in [0.15, 0.2) is 0 Å². The molecule has 86 valence electrons. The molecule has 0 spiro atoms. The van der Waals surface area contributed by atoms with Crippen LogP contribution in [0, 0.1) is 11.8 Å². The van der Waals surface area contributed by atoms with E-state index in [1.807, 2.05) is 0 Å². The quantitative estimate of drug-likeness (QED) is 0.611. The van der Waals surface area contributed by atoms with Crippen molar-refractivity contribution < 1.29 is 9.90 Å². The fourth-order valence-electron chi connectivity index (χ4n) is 2.51. The summed E-state index contributed by atoms with van der Waals surface area (Å²) in [5, 5.41) is 15.7. The van der Waals surface area contributed by atoms with Crippen LogP contribution in [0.1, 0.15) is 25.7 Å². The number of hydrogen-bond acceptors (Lipinski definition) is 3. The molecule has 2 rings (SSSR count). The molecule has 3 atom stereocenters. The summed E-state index contributed by atoms with van der Waals surface area (Å²) in [7, 11) is 0. The molecule has 0 radical (unpaired) electrons. The van der Waals surface area contributed by atoms with Crippen molar-refractivity contribution in [1.82, 2.24) is 10.6 Å². The van der Waals surface area contributed by atoms with Gasteiger partial charge in [-0.25, -0.2) is 0 Å². The molecule has 2 aliphatic rings. The summed E-state index contributed by atoms with van der Waals surface area (Å²) in [5.74, 6) is 0.575. The predicted octanol–water partition coefficient (Wildman–Crippen LogP) is -0.127. The lowest BCUT2D eigenvalue weighted by molar-refractivity contribution is -0.124. The summed E-state index contributed by atoms with van der Waals surface area (Å²) in [6.07, 6.45) is 3.77. The van der Waals surface area contributed by atoms with E-state index in [0.717, 1.165) is 38.8 Å². The molecule has 1 saturated carbocycles. The highest BCUT2D eigenvalue weighted by Gasteiger charge is 2.27. The van der Waals surface area contributed by atoms with Crippen LogP contribution in [-0.4, -0.2) is 36.8 Å². The topological polar surface area (TPSA) is 61.4 Å². The highest BCUT2D eigenvalue weighted by molar-refractivity contribution is 5.79. The SMILES string of the molecule is O=C(NCC1CCCC1O)C1CCNC1. The van der Waals surface area contributed by atoms with Gasteiger partial charge in [-0.1, -0.05) is 6.42 Å². The Morgan fingerprint density at radius 1 is 1.40 bits per heavy atom. The van der Waals surface area contributed by atoms with Crippen molar-refractivity contribution in [3.8, 4) is 0 Å².